The van der Waals surface area contributed by atoms with Gasteiger partial charge in [-0.25, -0.2) is 0 Å². The van der Waals surface area contributed by atoms with E-state index in [0.717, 1.165) is 5.56 Å². The van der Waals surface area contributed by atoms with E-state index in [4.69, 9.17) is 5.26 Å². The number of para-hydroxylation sites is 1. The maximum Gasteiger partial charge on any atom is 0.306 e. The topological polar surface area (TPSA) is 70.4 Å². The number of hydrogen-bond acceptors (Lipinski definition) is 4. The molecular formula is C14H16N2O3. The fourth-order valence-corrected chi connectivity index (χ4v) is 1.69. The molecule has 0 bridgehead atoms. The second-order valence-corrected chi connectivity index (χ2v) is 4.00. The Balaban J connectivity index is 2.84. The van der Waals surface area contributed by atoms with Gasteiger partial charge in [0.1, 0.15) is 6.54 Å². The van der Waals surface area contributed by atoms with Crippen LogP contribution in [0.2, 0.25) is 0 Å². The summed E-state index contributed by atoms with van der Waals surface area (Å²) in [7, 11) is 1.28. The Morgan fingerprint density at radius 2 is 2.00 bits per heavy atom. The Morgan fingerprint density at radius 3 is 2.58 bits per heavy atom. The standard InChI is InChI=1S/C14H16N2O3/c1-11-5-3-4-6-12(11)16(10-9-15)13(17)7-8-14(18)19-2/h3-6H,7-8,10H2,1-2H3. The lowest BCUT2D eigenvalue weighted by Gasteiger charge is -2.21. The Labute approximate surface area is 112 Å². The molecule has 1 aromatic carbocycles. The fraction of sp³-hybridized carbons (Fsp3) is 0.357. The number of amides is 1. The molecule has 1 aromatic rings. The van der Waals surface area contributed by atoms with Crippen molar-refractivity contribution in [2.45, 2.75) is 19.8 Å². The first kappa shape index (κ1) is 14.7. The molecule has 5 heteroatoms. The molecule has 0 N–H and O–H groups in total. The van der Waals surface area contributed by atoms with E-state index in [9.17, 15) is 9.59 Å². The van der Waals surface area contributed by atoms with Crippen LogP contribution in [0.5, 0.6) is 0 Å². The average molecular weight is 260 g/mol. The molecule has 5 nitrogen and oxygen atoms in total. The van der Waals surface area contributed by atoms with Crippen molar-refractivity contribution >= 4 is 17.6 Å². The van der Waals surface area contributed by atoms with Gasteiger partial charge in [0.05, 0.1) is 19.6 Å². The van der Waals surface area contributed by atoms with Crippen molar-refractivity contribution in [3.8, 4) is 6.07 Å². The van der Waals surface area contributed by atoms with E-state index < -0.39 is 5.97 Å². The van der Waals surface area contributed by atoms with Crippen LogP contribution in [0.3, 0.4) is 0 Å². The number of anilines is 1. The predicted molar refractivity (Wildman–Crippen MR) is 70.4 cm³/mol. The second-order valence-electron chi connectivity index (χ2n) is 4.00. The summed E-state index contributed by atoms with van der Waals surface area (Å²) >= 11 is 0. The van der Waals surface area contributed by atoms with E-state index in [-0.39, 0.29) is 25.3 Å². The highest BCUT2D eigenvalue weighted by Gasteiger charge is 2.18. The molecule has 1 rings (SSSR count). The maximum atomic E-state index is 12.1. The van der Waals surface area contributed by atoms with E-state index in [0.29, 0.717) is 5.69 Å². The Morgan fingerprint density at radius 1 is 1.32 bits per heavy atom. The van der Waals surface area contributed by atoms with Crippen LogP contribution >= 0.6 is 0 Å². The minimum atomic E-state index is -0.435. The minimum absolute atomic E-state index is 0.0170. The van der Waals surface area contributed by atoms with Crippen molar-refractivity contribution in [1.29, 1.82) is 5.26 Å². The summed E-state index contributed by atoms with van der Waals surface area (Å²) in [4.78, 5) is 24.5. The molecule has 0 unspecified atom stereocenters. The van der Waals surface area contributed by atoms with Gasteiger partial charge < -0.3 is 4.74 Å². The van der Waals surface area contributed by atoms with Gasteiger partial charge in [-0.1, -0.05) is 18.2 Å². The number of nitrogens with zero attached hydrogens (tertiary/aromatic N) is 2. The van der Waals surface area contributed by atoms with E-state index in [1.165, 1.54) is 12.0 Å². The number of nitriles is 1. The molecule has 100 valence electrons. The van der Waals surface area contributed by atoms with Crippen LogP contribution in [-0.2, 0) is 14.3 Å². The quantitative estimate of drug-likeness (QED) is 0.598. The van der Waals surface area contributed by atoms with Gasteiger partial charge in [0.25, 0.3) is 0 Å². The van der Waals surface area contributed by atoms with E-state index in [2.05, 4.69) is 4.74 Å². The molecular weight excluding hydrogens is 244 g/mol. The summed E-state index contributed by atoms with van der Waals surface area (Å²) in [6.45, 7) is 1.83. The van der Waals surface area contributed by atoms with Crippen molar-refractivity contribution in [3.05, 3.63) is 29.8 Å². The molecule has 0 aliphatic rings. The summed E-state index contributed by atoms with van der Waals surface area (Å²) in [6, 6.07) is 9.28. The Bertz CT molecular complexity index is 506. The van der Waals surface area contributed by atoms with Gasteiger partial charge in [0.2, 0.25) is 5.91 Å². The molecule has 0 heterocycles. The third kappa shape index (κ3) is 4.11. The van der Waals surface area contributed by atoms with Crippen LogP contribution in [-0.4, -0.2) is 25.5 Å². The van der Waals surface area contributed by atoms with Crippen molar-refractivity contribution in [3.63, 3.8) is 0 Å². The number of benzene rings is 1. The van der Waals surface area contributed by atoms with Gasteiger partial charge >= 0.3 is 5.97 Å². The largest absolute Gasteiger partial charge is 0.469 e. The molecule has 0 atom stereocenters. The molecule has 0 aliphatic heterocycles. The number of carbonyl (C=O) groups excluding carboxylic acids is 2. The van der Waals surface area contributed by atoms with E-state index >= 15 is 0 Å². The second kappa shape index (κ2) is 7.17. The number of aryl methyl sites for hydroxylation is 1. The van der Waals surface area contributed by atoms with Crippen molar-refractivity contribution in [1.82, 2.24) is 0 Å². The van der Waals surface area contributed by atoms with Gasteiger partial charge in [-0.2, -0.15) is 5.26 Å². The summed E-state index contributed by atoms with van der Waals surface area (Å²) in [6.07, 6.45) is 0.0475. The van der Waals surface area contributed by atoms with Crippen molar-refractivity contribution in [2.24, 2.45) is 0 Å². The SMILES string of the molecule is COC(=O)CCC(=O)N(CC#N)c1ccccc1C. The first-order valence-electron chi connectivity index (χ1n) is 5.90. The molecule has 0 aromatic heterocycles. The van der Waals surface area contributed by atoms with E-state index in [1.54, 1.807) is 12.1 Å². The first-order valence-corrected chi connectivity index (χ1v) is 5.90. The van der Waals surface area contributed by atoms with Crippen LogP contribution in [0.25, 0.3) is 0 Å². The third-order valence-corrected chi connectivity index (χ3v) is 2.71. The van der Waals surface area contributed by atoms with E-state index in [1.807, 2.05) is 25.1 Å². The number of ether oxygens (including phenoxy) is 1. The number of hydrogen-bond donors (Lipinski definition) is 0. The molecule has 0 saturated carbocycles. The van der Waals surface area contributed by atoms with Crippen LogP contribution in [0.4, 0.5) is 5.69 Å². The van der Waals surface area contributed by atoms with Crippen LogP contribution in [0.15, 0.2) is 24.3 Å². The monoisotopic (exact) mass is 260 g/mol. The fourth-order valence-electron chi connectivity index (χ4n) is 1.69. The lowest BCUT2D eigenvalue weighted by molar-refractivity contribution is -0.141. The van der Waals surface area contributed by atoms with Crippen LogP contribution < -0.4 is 4.90 Å². The molecule has 1 amide bonds. The summed E-state index contributed by atoms with van der Waals surface area (Å²) in [5, 5.41) is 8.83. The molecule has 0 radical (unpaired) electrons. The number of rotatable bonds is 5. The Kier molecular flexibility index (Phi) is 5.55. The minimum Gasteiger partial charge on any atom is -0.469 e. The highest BCUT2D eigenvalue weighted by atomic mass is 16.5. The molecule has 0 saturated heterocycles. The lowest BCUT2D eigenvalue weighted by atomic mass is 10.1. The molecule has 0 aliphatic carbocycles. The number of carbonyl (C=O) groups is 2. The normalized spacial score (nSPS) is 9.53. The van der Waals surface area contributed by atoms with Gasteiger partial charge in [-0.15, -0.1) is 0 Å². The molecule has 0 fully saturated rings. The van der Waals surface area contributed by atoms with Crippen molar-refractivity contribution in [2.75, 3.05) is 18.6 Å². The predicted octanol–water partition coefficient (Wildman–Crippen LogP) is 1.80. The van der Waals surface area contributed by atoms with Crippen molar-refractivity contribution < 1.29 is 14.3 Å². The maximum absolute atomic E-state index is 12.1. The van der Waals surface area contributed by atoms with Crippen LogP contribution in [0, 0.1) is 18.3 Å². The molecule has 0 spiro atoms. The van der Waals surface area contributed by atoms with Gasteiger partial charge in [-0.3, -0.25) is 14.5 Å². The average Bonchev–Trinajstić information content (AvgIpc) is 2.42. The third-order valence-electron chi connectivity index (χ3n) is 2.71. The van der Waals surface area contributed by atoms with Crippen LogP contribution in [0.1, 0.15) is 18.4 Å². The van der Waals surface area contributed by atoms with Gasteiger partial charge in [0, 0.05) is 12.1 Å². The summed E-state index contributed by atoms with van der Waals surface area (Å²) in [5.41, 5.74) is 1.60. The zero-order valence-electron chi connectivity index (χ0n) is 11.0. The zero-order chi connectivity index (χ0) is 14.3. The summed E-state index contributed by atoms with van der Waals surface area (Å²) < 4.78 is 4.50. The number of esters is 1. The number of methoxy groups -OCH3 is 1. The lowest BCUT2D eigenvalue weighted by Crippen LogP contribution is -2.32. The Hall–Kier alpha value is -2.35. The zero-order valence-corrected chi connectivity index (χ0v) is 11.0. The van der Waals surface area contributed by atoms with Gasteiger partial charge in [0.15, 0.2) is 0 Å². The summed E-state index contributed by atoms with van der Waals surface area (Å²) in [5.74, 6) is -0.698. The smallest absolute Gasteiger partial charge is 0.306 e. The first-order chi connectivity index (χ1) is 9.10. The highest BCUT2D eigenvalue weighted by Crippen LogP contribution is 2.20. The van der Waals surface area contributed by atoms with Gasteiger partial charge in [-0.05, 0) is 18.6 Å². The molecule has 19 heavy (non-hydrogen) atoms. The highest BCUT2D eigenvalue weighted by molar-refractivity contribution is 5.95.